The van der Waals surface area contributed by atoms with Gasteiger partial charge in [0, 0.05) is 23.3 Å². The lowest BCUT2D eigenvalue weighted by atomic mass is 9.33. The fourth-order valence-electron chi connectivity index (χ4n) is 16.2. The summed E-state index contributed by atoms with van der Waals surface area (Å²) in [7, 11) is 0. The van der Waals surface area contributed by atoms with Crippen LogP contribution in [0.25, 0.3) is 0 Å². The largest absolute Gasteiger partial charge is 0.479 e. The van der Waals surface area contributed by atoms with Crippen LogP contribution in [0.2, 0.25) is 0 Å². The molecule has 23 nitrogen and oxygen atoms in total. The highest BCUT2D eigenvalue weighted by molar-refractivity contribution is 5.87. The Hall–Kier alpha value is -2.79. The zero-order valence-corrected chi connectivity index (χ0v) is 46.3. The molecule has 8 rings (SSSR count). The minimum atomic E-state index is -2.12. The standard InChI is InChI=1S/C55H86O23/c1-11-23(2)46(70)78-43-44(72-25(4)59)55(22-58)27(18-50(43,5)6)26-12-13-30-51(7)16-15-32(52(8,21-57)29(51)14-17-53(30,9)54(26,10)19-31(55)60)74-49-41(76-47-37(65)35(63)33(61)24(3)71-47)39(67)40(42(77-49)45(68)69)75-48-38(66)36(64)34(62)28(20-56)73-48/h11-12,24,27-44,47-49,56-58,60-67H,13-22H2,1-10H3,(H,68,69)/b23-11+/t24-,27+,28-,29-,30-,31-,32+,33-,34-,35+,36+,37-,38-,39+,40+,41-,42+,43+,44+,47+,48+,49-,51+,52-,53-,54-,55+/m1/s1. The summed E-state index contributed by atoms with van der Waals surface area (Å²) >= 11 is 0. The second-order valence-corrected chi connectivity index (χ2v) is 25.5. The van der Waals surface area contributed by atoms with Gasteiger partial charge >= 0.3 is 17.9 Å². The molecule has 0 amide bonds. The number of carbonyl (C=O) groups is 3. The third-order valence-electron chi connectivity index (χ3n) is 21.0. The van der Waals surface area contributed by atoms with E-state index in [4.69, 9.17) is 37.9 Å². The van der Waals surface area contributed by atoms with Gasteiger partial charge in [-0.25, -0.2) is 9.59 Å². The average molecular weight is 1120 g/mol. The van der Waals surface area contributed by atoms with E-state index in [1.54, 1.807) is 19.9 Å². The SMILES string of the molecule is C/C=C(\C)C(=O)O[C@H]1[C@H](OC(C)=O)[C@]2(CO)[C@H](O)C[C@]3(C)C(=CC[C@@H]4[C@@]5(C)CC[C@H](O[C@@H]6O[C@H](C(=O)O)[C@@H](O[C@@H]7O[C@H](CO)[C@@H](O)[C@H](O)[C@H]7O)[C@H](O)[C@H]6O[C@@H]6O[C@H](C)[C@@H](O)[C@H](O)[C@H]6O)[C@](C)(CO)[C@@H]5CC[C@]43C)[C@@H]2CC1(C)C. The number of rotatable bonds is 13. The molecule has 0 aromatic heterocycles. The number of aliphatic carboxylic acids is 1. The van der Waals surface area contributed by atoms with Gasteiger partial charge in [0.2, 0.25) is 0 Å². The van der Waals surface area contributed by atoms with Crippen molar-refractivity contribution in [1.82, 2.24) is 0 Å². The molecule has 23 heteroatoms. The fourth-order valence-corrected chi connectivity index (χ4v) is 16.2. The molecule has 0 radical (unpaired) electrons. The van der Waals surface area contributed by atoms with Crippen LogP contribution in [-0.4, -0.2) is 216 Å². The molecule has 444 valence electrons. The van der Waals surface area contributed by atoms with E-state index in [1.807, 2.05) is 20.8 Å². The van der Waals surface area contributed by atoms with Gasteiger partial charge in [-0.1, -0.05) is 59.3 Å². The van der Waals surface area contributed by atoms with E-state index >= 15 is 0 Å². The monoisotopic (exact) mass is 1110 g/mol. The van der Waals surface area contributed by atoms with Gasteiger partial charge in [0.05, 0.1) is 43.5 Å². The van der Waals surface area contributed by atoms with Crippen LogP contribution >= 0.6 is 0 Å². The first-order chi connectivity index (χ1) is 36.4. The third kappa shape index (κ3) is 9.62. The summed E-state index contributed by atoms with van der Waals surface area (Å²) in [5, 5.41) is 133. The Morgan fingerprint density at radius 3 is 1.91 bits per heavy atom. The van der Waals surface area contributed by atoms with Crippen molar-refractivity contribution in [2.45, 2.75) is 231 Å². The third-order valence-corrected chi connectivity index (χ3v) is 21.0. The van der Waals surface area contributed by atoms with Crippen molar-refractivity contribution in [1.29, 1.82) is 0 Å². The van der Waals surface area contributed by atoms with Crippen LogP contribution < -0.4 is 0 Å². The number of esters is 2. The number of carboxylic acids is 1. The Bertz CT molecular complexity index is 2280. The van der Waals surface area contributed by atoms with E-state index < -0.39 is 193 Å². The van der Waals surface area contributed by atoms with Crippen LogP contribution in [0, 0.1) is 50.2 Å². The lowest BCUT2D eigenvalue weighted by Gasteiger charge is -2.72. The number of fused-ring (bicyclic) bond motifs is 7. The van der Waals surface area contributed by atoms with Crippen LogP contribution in [-0.2, 0) is 52.3 Å². The molecule has 0 spiro atoms. The second kappa shape index (κ2) is 22.1. The molecule has 27 atom stereocenters. The maximum atomic E-state index is 13.4. The Morgan fingerprint density at radius 1 is 0.692 bits per heavy atom. The summed E-state index contributed by atoms with van der Waals surface area (Å²) in [5.74, 6) is -3.77. The summed E-state index contributed by atoms with van der Waals surface area (Å²) in [5.41, 5.74) is -3.65. The molecule has 3 saturated heterocycles. The first-order valence-electron chi connectivity index (χ1n) is 27.5. The topological polar surface area (TPSA) is 368 Å². The first-order valence-corrected chi connectivity index (χ1v) is 27.5. The van der Waals surface area contributed by atoms with Crippen LogP contribution in [0.5, 0.6) is 0 Å². The maximum absolute atomic E-state index is 13.4. The van der Waals surface area contributed by atoms with E-state index in [0.29, 0.717) is 37.7 Å². The van der Waals surface area contributed by atoms with E-state index in [9.17, 15) is 75.7 Å². The zero-order valence-electron chi connectivity index (χ0n) is 46.3. The molecule has 0 unspecified atom stereocenters. The molecule has 0 aromatic carbocycles. The molecular formula is C55H86O23. The molecule has 4 saturated carbocycles. The molecule has 3 heterocycles. The second-order valence-electron chi connectivity index (χ2n) is 25.5. The van der Waals surface area contributed by atoms with E-state index in [2.05, 4.69) is 26.8 Å². The lowest BCUT2D eigenvalue weighted by Crippen LogP contribution is -2.72. The number of ether oxygens (including phenoxy) is 8. The molecule has 0 aromatic rings. The van der Waals surface area contributed by atoms with Gasteiger partial charge in [-0.3, -0.25) is 4.79 Å². The van der Waals surface area contributed by atoms with Crippen molar-refractivity contribution in [3.05, 3.63) is 23.3 Å². The number of aliphatic hydroxyl groups excluding tert-OH is 11. The highest BCUT2D eigenvalue weighted by atomic mass is 16.8. The quantitative estimate of drug-likeness (QED) is 0.0488. The summed E-state index contributed by atoms with van der Waals surface area (Å²) in [6, 6.07) is 0. The molecule has 7 fully saturated rings. The molecular weight excluding hydrogens is 1030 g/mol. The Morgan fingerprint density at radius 2 is 1.32 bits per heavy atom. The minimum absolute atomic E-state index is 0.0641. The number of hydrogen-bond acceptors (Lipinski definition) is 22. The fraction of sp³-hybridized carbons (Fsp3) is 0.873. The number of aliphatic hydroxyl groups is 11. The molecule has 8 aliphatic rings. The summed E-state index contributed by atoms with van der Waals surface area (Å²) < 4.78 is 48.4. The van der Waals surface area contributed by atoms with Gasteiger partial charge < -0.3 is 99.2 Å². The Kier molecular flexibility index (Phi) is 17.3. The van der Waals surface area contributed by atoms with Gasteiger partial charge in [0.1, 0.15) is 73.2 Å². The van der Waals surface area contributed by atoms with Crippen LogP contribution in [0.4, 0.5) is 0 Å². The summed E-state index contributed by atoms with van der Waals surface area (Å²) in [6.07, 6.45) is -24.8. The molecule has 0 bridgehead atoms. The van der Waals surface area contributed by atoms with E-state index in [-0.39, 0.29) is 24.7 Å². The average Bonchev–Trinajstić information content (AvgIpc) is 3.09. The zero-order chi connectivity index (χ0) is 57.7. The summed E-state index contributed by atoms with van der Waals surface area (Å²) in [4.78, 5) is 39.5. The lowest BCUT2D eigenvalue weighted by molar-refractivity contribution is -0.390. The summed E-state index contributed by atoms with van der Waals surface area (Å²) in [6.45, 7) is 16.5. The Balaban J connectivity index is 1.11. The van der Waals surface area contributed by atoms with Crippen molar-refractivity contribution in [2.75, 3.05) is 19.8 Å². The van der Waals surface area contributed by atoms with Crippen LogP contribution in [0.15, 0.2) is 23.3 Å². The predicted molar refractivity (Wildman–Crippen MR) is 268 cm³/mol. The van der Waals surface area contributed by atoms with Crippen LogP contribution in [0.3, 0.4) is 0 Å². The van der Waals surface area contributed by atoms with Gasteiger partial charge in [-0.05, 0) is 99.7 Å². The van der Waals surface area contributed by atoms with Gasteiger partial charge in [0.25, 0.3) is 0 Å². The number of hydrogen-bond donors (Lipinski definition) is 12. The maximum Gasteiger partial charge on any atom is 0.335 e. The van der Waals surface area contributed by atoms with E-state index in [1.165, 1.54) is 13.8 Å². The van der Waals surface area contributed by atoms with Gasteiger partial charge in [-0.15, -0.1) is 0 Å². The predicted octanol–water partition coefficient (Wildman–Crippen LogP) is -0.293. The number of allylic oxidation sites excluding steroid dienone is 3. The molecule has 78 heavy (non-hydrogen) atoms. The molecule has 12 N–H and O–H groups in total. The number of carboxylic acid groups (broad SMARTS) is 1. The minimum Gasteiger partial charge on any atom is -0.479 e. The van der Waals surface area contributed by atoms with Gasteiger partial charge in [0.15, 0.2) is 25.0 Å². The van der Waals surface area contributed by atoms with Crippen molar-refractivity contribution >= 4 is 17.9 Å². The van der Waals surface area contributed by atoms with Crippen molar-refractivity contribution in [3.8, 4) is 0 Å². The first kappa shape index (κ1) is 61.3. The van der Waals surface area contributed by atoms with E-state index in [0.717, 1.165) is 5.57 Å². The highest BCUT2D eigenvalue weighted by Gasteiger charge is 2.74. The molecule has 3 aliphatic heterocycles. The molecule has 5 aliphatic carbocycles. The van der Waals surface area contributed by atoms with Crippen molar-refractivity contribution in [3.63, 3.8) is 0 Å². The smallest absolute Gasteiger partial charge is 0.335 e. The van der Waals surface area contributed by atoms with Crippen molar-refractivity contribution in [2.24, 2.45) is 50.2 Å². The van der Waals surface area contributed by atoms with Crippen molar-refractivity contribution < 1.29 is 114 Å². The van der Waals surface area contributed by atoms with Crippen LogP contribution in [0.1, 0.15) is 114 Å². The normalized spacial score (nSPS) is 51.1. The van der Waals surface area contributed by atoms with Gasteiger partial charge in [-0.2, -0.15) is 0 Å². The Labute approximate surface area is 454 Å². The number of carbonyl (C=O) groups excluding carboxylic acids is 2. The highest BCUT2D eigenvalue weighted by Crippen LogP contribution is 2.76.